The highest BCUT2D eigenvalue weighted by Gasteiger charge is 2.18. The summed E-state index contributed by atoms with van der Waals surface area (Å²) in [6, 6.07) is 58.7. The molecule has 0 saturated carbocycles. The van der Waals surface area contributed by atoms with Crippen LogP contribution in [-0.4, -0.2) is 0 Å². The number of anilines is 2. The number of hydrogen-bond donors (Lipinski definition) is 1. The highest BCUT2D eigenvalue weighted by Crippen LogP contribution is 2.43. The van der Waals surface area contributed by atoms with Crippen molar-refractivity contribution in [2.45, 2.75) is 0 Å². The lowest BCUT2D eigenvalue weighted by Gasteiger charge is -2.26. The molecule has 2 aromatic heterocycles. The van der Waals surface area contributed by atoms with Crippen LogP contribution in [0, 0.1) is 0 Å². The SMILES string of the molecule is N/C(=C\N(c1ccccc1)c1cc(-c2ccc3sc4ccccc4c3c2)ccc1-c1ccc2sc3ccccc3c2c1)c1ccccc1. The van der Waals surface area contributed by atoms with Crippen molar-refractivity contribution < 1.29 is 0 Å². The quantitative estimate of drug-likeness (QED) is 0.194. The number of nitrogens with two attached hydrogens (primary N) is 1. The molecule has 0 atom stereocenters. The number of benzene rings is 7. The zero-order valence-electron chi connectivity index (χ0n) is 26.0. The van der Waals surface area contributed by atoms with Crippen LogP contribution in [0.25, 0.3) is 68.3 Å². The summed E-state index contributed by atoms with van der Waals surface area (Å²) >= 11 is 3.69. The molecule has 2 nitrogen and oxygen atoms in total. The molecule has 0 saturated heterocycles. The monoisotopic (exact) mass is 650 g/mol. The molecule has 0 amide bonds. The predicted molar refractivity (Wildman–Crippen MR) is 210 cm³/mol. The molecular formula is C44H30N2S2. The third-order valence-corrected chi connectivity index (χ3v) is 11.4. The van der Waals surface area contributed by atoms with Gasteiger partial charge in [-0.15, -0.1) is 22.7 Å². The van der Waals surface area contributed by atoms with E-state index in [0.717, 1.165) is 28.1 Å². The lowest BCUT2D eigenvalue weighted by atomic mass is 9.95. The van der Waals surface area contributed by atoms with Crippen LogP contribution in [0.4, 0.5) is 11.4 Å². The third kappa shape index (κ3) is 5.03. The van der Waals surface area contributed by atoms with Gasteiger partial charge in [0.1, 0.15) is 0 Å². The first-order chi connectivity index (χ1) is 23.7. The number of hydrogen-bond acceptors (Lipinski definition) is 4. The maximum Gasteiger partial charge on any atom is 0.0556 e. The maximum absolute atomic E-state index is 6.86. The summed E-state index contributed by atoms with van der Waals surface area (Å²) in [5.41, 5.74) is 15.3. The van der Waals surface area contributed by atoms with E-state index in [1.807, 2.05) is 40.9 Å². The van der Waals surface area contributed by atoms with Crippen molar-refractivity contribution in [3.8, 4) is 22.3 Å². The van der Waals surface area contributed by atoms with Gasteiger partial charge in [0.2, 0.25) is 0 Å². The summed E-state index contributed by atoms with van der Waals surface area (Å²) in [5.74, 6) is 0. The molecular weight excluding hydrogens is 621 g/mol. The lowest BCUT2D eigenvalue weighted by molar-refractivity contribution is 1.27. The highest BCUT2D eigenvalue weighted by atomic mass is 32.1. The van der Waals surface area contributed by atoms with Gasteiger partial charge in [0, 0.05) is 57.8 Å². The van der Waals surface area contributed by atoms with Crippen molar-refractivity contribution >= 4 is 80.1 Å². The molecule has 2 heterocycles. The molecule has 0 fully saturated rings. The standard InChI is InChI=1S/C44H30N2S2/c45-39(29-11-3-1-4-12-29)28-46(33-13-5-2-6-14-33)40-27-31(30-20-23-43-37(25-30)35-15-7-9-17-41(35)47-43)19-22-34(40)32-21-24-44-38(26-32)36-16-8-10-18-42(36)48-44/h1-28H,45H2/b39-28-. The molecule has 7 aromatic carbocycles. The number of fused-ring (bicyclic) bond motifs is 6. The molecule has 9 rings (SSSR count). The van der Waals surface area contributed by atoms with Gasteiger partial charge < -0.3 is 10.6 Å². The number of para-hydroxylation sites is 1. The van der Waals surface area contributed by atoms with Crippen LogP contribution < -0.4 is 10.6 Å². The third-order valence-electron chi connectivity index (χ3n) is 9.06. The minimum atomic E-state index is 0.696. The minimum absolute atomic E-state index is 0.696. The number of thiophene rings is 2. The first-order valence-electron chi connectivity index (χ1n) is 16.0. The van der Waals surface area contributed by atoms with Gasteiger partial charge in [0.05, 0.1) is 11.4 Å². The summed E-state index contributed by atoms with van der Waals surface area (Å²) in [6.45, 7) is 0. The molecule has 0 radical (unpaired) electrons. The summed E-state index contributed by atoms with van der Waals surface area (Å²) in [5, 5.41) is 5.17. The van der Waals surface area contributed by atoms with Crippen LogP contribution in [0.3, 0.4) is 0 Å². The molecule has 0 unspecified atom stereocenters. The van der Waals surface area contributed by atoms with Gasteiger partial charge >= 0.3 is 0 Å². The molecule has 0 spiro atoms. The van der Waals surface area contributed by atoms with E-state index in [1.165, 1.54) is 51.5 Å². The average Bonchev–Trinajstić information content (AvgIpc) is 3.72. The normalized spacial score (nSPS) is 12.0. The topological polar surface area (TPSA) is 29.3 Å². The summed E-state index contributed by atoms with van der Waals surface area (Å²) in [6.07, 6.45) is 2.07. The molecule has 0 aliphatic rings. The van der Waals surface area contributed by atoms with E-state index >= 15 is 0 Å². The molecule has 48 heavy (non-hydrogen) atoms. The Kier molecular flexibility index (Phi) is 7.04. The van der Waals surface area contributed by atoms with E-state index in [9.17, 15) is 0 Å². The smallest absolute Gasteiger partial charge is 0.0556 e. The van der Waals surface area contributed by atoms with E-state index < -0.39 is 0 Å². The van der Waals surface area contributed by atoms with Gasteiger partial charge in [-0.25, -0.2) is 0 Å². The van der Waals surface area contributed by atoms with Crippen LogP contribution >= 0.6 is 22.7 Å². The zero-order valence-corrected chi connectivity index (χ0v) is 27.6. The van der Waals surface area contributed by atoms with E-state index in [-0.39, 0.29) is 0 Å². The highest BCUT2D eigenvalue weighted by molar-refractivity contribution is 7.26. The Bertz CT molecular complexity index is 2630. The van der Waals surface area contributed by atoms with Crippen LogP contribution in [0.2, 0.25) is 0 Å². The van der Waals surface area contributed by atoms with Crippen LogP contribution in [0.15, 0.2) is 170 Å². The van der Waals surface area contributed by atoms with Crippen molar-refractivity contribution in [3.05, 3.63) is 176 Å². The Labute approximate surface area is 287 Å². The largest absolute Gasteiger partial charge is 0.397 e. The molecule has 0 bridgehead atoms. The molecule has 2 N–H and O–H groups in total. The maximum atomic E-state index is 6.86. The number of rotatable bonds is 6. The number of nitrogens with zero attached hydrogens (tertiary/aromatic N) is 1. The van der Waals surface area contributed by atoms with E-state index in [2.05, 4.69) is 157 Å². The summed E-state index contributed by atoms with van der Waals surface area (Å²) < 4.78 is 5.22. The molecule has 0 aliphatic carbocycles. The average molecular weight is 651 g/mol. The first kappa shape index (κ1) is 28.5. The van der Waals surface area contributed by atoms with Gasteiger partial charge in [-0.3, -0.25) is 0 Å². The molecule has 228 valence electrons. The fourth-order valence-corrected chi connectivity index (χ4v) is 8.84. The molecule has 9 aromatic rings. The van der Waals surface area contributed by atoms with Crippen LogP contribution in [0.1, 0.15) is 5.56 Å². The van der Waals surface area contributed by atoms with Gasteiger partial charge in [-0.1, -0.05) is 109 Å². The van der Waals surface area contributed by atoms with E-state index in [4.69, 9.17) is 5.73 Å². The van der Waals surface area contributed by atoms with Crippen molar-refractivity contribution in [1.29, 1.82) is 0 Å². The van der Waals surface area contributed by atoms with Crippen molar-refractivity contribution in [2.24, 2.45) is 5.73 Å². The van der Waals surface area contributed by atoms with Crippen LogP contribution in [-0.2, 0) is 0 Å². The van der Waals surface area contributed by atoms with Gasteiger partial charge in [-0.05, 0) is 76.9 Å². The van der Waals surface area contributed by atoms with Crippen molar-refractivity contribution in [3.63, 3.8) is 0 Å². The fourth-order valence-electron chi connectivity index (χ4n) is 6.67. The Hall–Kier alpha value is -5.68. The minimum Gasteiger partial charge on any atom is -0.397 e. The van der Waals surface area contributed by atoms with E-state index in [1.54, 1.807) is 0 Å². The molecule has 0 aliphatic heterocycles. The lowest BCUT2D eigenvalue weighted by Crippen LogP contribution is -2.13. The predicted octanol–water partition coefficient (Wildman–Crippen LogP) is 12.9. The van der Waals surface area contributed by atoms with Crippen molar-refractivity contribution in [2.75, 3.05) is 4.90 Å². The second kappa shape index (κ2) is 11.8. The second-order valence-electron chi connectivity index (χ2n) is 12.0. The van der Waals surface area contributed by atoms with E-state index in [0.29, 0.717) is 5.70 Å². The van der Waals surface area contributed by atoms with Crippen molar-refractivity contribution in [1.82, 2.24) is 0 Å². The van der Waals surface area contributed by atoms with Gasteiger partial charge in [-0.2, -0.15) is 0 Å². The van der Waals surface area contributed by atoms with Gasteiger partial charge in [0.15, 0.2) is 0 Å². The Morgan fingerprint density at radius 3 is 1.62 bits per heavy atom. The Morgan fingerprint density at radius 2 is 0.958 bits per heavy atom. The Balaban J connectivity index is 1.28. The first-order valence-corrected chi connectivity index (χ1v) is 17.7. The van der Waals surface area contributed by atoms with Gasteiger partial charge in [0.25, 0.3) is 0 Å². The van der Waals surface area contributed by atoms with Crippen LogP contribution in [0.5, 0.6) is 0 Å². The Morgan fingerprint density at radius 1 is 0.458 bits per heavy atom. The fraction of sp³-hybridized carbons (Fsp3) is 0. The summed E-state index contributed by atoms with van der Waals surface area (Å²) in [7, 11) is 0. The molecule has 4 heteroatoms. The summed E-state index contributed by atoms with van der Waals surface area (Å²) in [4.78, 5) is 2.25. The zero-order chi connectivity index (χ0) is 32.0. The second-order valence-corrected chi connectivity index (χ2v) is 14.2.